The second-order valence-corrected chi connectivity index (χ2v) is 5.23. The highest BCUT2D eigenvalue weighted by molar-refractivity contribution is 5.78. The summed E-state index contributed by atoms with van der Waals surface area (Å²) in [6, 6.07) is 6.26. The highest BCUT2D eigenvalue weighted by atomic mass is 16.5. The smallest absolute Gasteiger partial charge is 0.260 e. The molecule has 0 radical (unpaired) electrons. The lowest BCUT2D eigenvalue weighted by Crippen LogP contribution is -2.52. The summed E-state index contributed by atoms with van der Waals surface area (Å²) in [6.07, 6.45) is 0. The molecule has 1 aromatic rings. The molecule has 104 valence electrons. The van der Waals surface area contributed by atoms with E-state index in [9.17, 15) is 4.79 Å². The number of nitrogens with one attached hydrogen (secondary N) is 1. The van der Waals surface area contributed by atoms with Crippen LogP contribution in [0.3, 0.4) is 0 Å². The molecule has 19 heavy (non-hydrogen) atoms. The van der Waals surface area contributed by atoms with E-state index in [1.54, 1.807) is 0 Å². The Balaban J connectivity index is 1.87. The number of ether oxygens (including phenoxy) is 1. The zero-order valence-electron chi connectivity index (χ0n) is 11.9. The van der Waals surface area contributed by atoms with Crippen LogP contribution in [0.2, 0.25) is 0 Å². The van der Waals surface area contributed by atoms with Crippen LogP contribution >= 0.6 is 0 Å². The molecule has 1 N–H and O–H groups in total. The van der Waals surface area contributed by atoms with Crippen molar-refractivity contribution in [1.82, 2.24) is 10.2 Å². The van der Waals surface area contributed by atoms with Gasteiger partial charge in [-0.2, -0.15) is 0 Å². The van der Waals surface area contributed by atoms with Crippen molar-refractivity contribution in [3.63, 3.8) is 0 Å². The van der Waals surface area contributed by atoms with Crippen LogP contribution in [0.5, 0.6) is 5.75 Å². The predicted molar refractivity (Wildman–Crippen MR) is 75.5 cm³/mol. The number of hydrogen-bond acceptors (Lipinski definition) is 3. The number of carbonyl (C=O) groups excluding carboxylic acids is 1. The lowest BCUT2D eigenvalue weighted by atomic mass is 10.1. The third-order valence-electron chi connectivity index (χ3n) is 3.56. The SMILES string of the molecule is Cc1ccc(OCC(=O)N2CCNC(C)C2)cc1C. The molecule has 0 bridgehead atoms. The van der Waals surface area contributed by atoms with E-state index in [4.69, 9.17) is 4.74 Å². The van der Waals surface area contributed by atoms with Crippen molar-refractivity contribution in [3.05, 3.63) is 29.3 Å². The molecule has 1 amide bonds. The lowest BCUT2D eigenvalue weighted by Gasteiger charge is -2.31. The predicted octanol–water partition coefficient (Wildman–Crippen LogP) is 1.50. The van der Waals surface area contributed by atoms with Crippen LogP contribution in [0.4, 0.5) is 0 Å². The van der Waals surface area contributed by atoms with E-state index in [0.29, 0.717) is 6.04 Å². The summed E-state index contributed by atoms with van der Waals surface area (Å²) in [5.74, 6) is 0.825. The minimum absolute atomic E-state index is 0.0616. The van der Waals surface area contributed by atoms with Gasteiger partial charge in [-0.3, -0.25) is 4.79 Å². The van der Waals surface area contributed by atoms with E-state index in [1.165, 1.54) is 11.1 Å². The van der Waals surface area contributed by atoms with Gasteiger partial charge in [0, 0.05) is 25.7 Å². The van der Waals surface area contributed by atoms with E-state index in [1.807, 2.05) is 30.0 Å². The molecule has 4 nitrogen and oxygen atoms in total. The molecule has 1 unspecified atom stereocenters. The molecule has 0 spiro atoms. The van der Waals surface area contributed by atoms with Gasteiger partial charge in [0.25, 0.3) is 5.91 Å². The Hall–Kier alpha value is -1.55. The summed E-state index contributed by atoms with van der Waals surface area (Å²) in [7, 11) is 0. The first-order valence-electron chi connectivity index (χ1n) is 6.77. The van der Waals surface area contributed by atoms with Gasteiger partial charge in [-0.15, -0.1) is 0 Å². The Bertz CT molecular complexity index is 459. The largest absolute Gasteiger partial charge is 0.484 e. The van der Waals surface area contributed by atoms with Gasteiger partial charge in [0.05, 0.1) is 0 Å². The van der Waals surface area contributed by atoms with E-state index in [-0.39, 0.29) is 12.5 Å². The molecule has 4 heteroatoms. The number of carbonyl (C=O) groups is 1. The van der Waals surface area contributed by atoms with E-state index < -0.39 is 0 Å². The minimum Gasteiger partial charge on any atom is -0.484 e. The molecule has 1 aromatic carbocycles. The molecule has 0 aliphatic carbocycles. The molecule has 0 saturated carbocycles. The van der Waals surface area contributed by atoms with Crippen molar-refractivity contribution in [2.45, 2.75) is 26.8 Å². The first-order valence-corrected chi connectivity index (χ1v) is 6.77. The van der Waals surface area contributed by atoms with Crippen LogP contribution in [-0.2, 0) is 4.79 Å². The summed E-state index contributed by atoms with van der Waals surface area (Å²) in [5.41, 5.74) is 2.41. The molecule has 2 rings (SSSR count). The van der Waals surface area contributed by atoms with Crippen molar-refractivity contribution in [1.29, 1.82) is 0 Å². The first-order chi connectivity index (χ1) is 9.06. The maximum Gasteiger partial charge on any atom is 0.260 e. The zero-order chi connectivity index (χ0) is 13.8. The molecule has 1 aliphatic rings. The van der Waals surface area contributed by atoms with Gasteiger partial charge in [0.2, 0.25) is 0 Å². The third kappa shape index (κ3) is 3.70. The number of hydrogen-bond donors (Lipinski definition) is 1. The van der Waals surface area contributed by atoms with Gasteiger partial charge in [-0.1, -0.05) is 6.07 Å². The summed E-state index contributed by atoms with van der Waals surface area (Å²) in [4.78, 5) is 13.9. The fourth-order valence-corrected chi connectivity index (χ4v) is 2.20. The van der Waals surface area contributed by atoms with Crippen molar-refractivity contribution < 1.29 is 9.53 Å². The second kappa shape index (κ2) is 6.06. The molecular weight excluding hydrogens is 240 g/mol. The molecule has 1 fully saturated rings. The zero-order valence-corrected chi connectivity index (χ0v) is 11.9. The Morgan fingerprint density at radius 1 is 1.42 bits per heavy atom. The number of amides is 1. The van der Waals surface area contributed by atoms with E-state index >= 15 is 0 Å². The van der Waals surface area contributed by atoms with Crippen molar-refractivity contribution in [2.24, 2.45) is 0 Å². The standard InChI is InChI=1S/C15H22N2O2/c1-11-4-5-14(8-12(11)2)19-10-15(18)17-7-6-16-13(3)9-17/h4-5,8,13,16H,6-7,9-10H2,1-3H3. The van der Waals surface area contributed by atoms with Crippen LogP contribution in [0.1, 0.15) is 18.1 Å². The molecule has 1 aliphatic heterocycles. The first kappa shape index (κ1) is 13.9. The Kier molecular flexibility index (Phi) is 4.43. The minimum atomic E-state index is 0.0616. The van der Waals surface area contributed by atoms with Crippen LogP contribution in [0.25, 0.3) is 0 Å². The van der Waals surface area contributed by atoms with Crippen molar-refractivity contribution in [2.75, 3.05) is 26.2 Å². The average Bonchev–Trinajstić information content (AvgIpc) is 2.40. The highest BCUT2D eigenvalue weighted by Gasteiger charge is 2.20. The maximum absolute atomic E-state index is 12.0. The monoisotopic (exact) mass is 262 g/mol. The molecule has 1 atom stereocenters. The molecule has 1 saturated heterocycles. The summed E-state index contributed by atoms with van der Waals surface area (Å²) in [6.45, 7) is 8.69. The fraction of sp³-hybridized carbons (Fsp3) is 0.533. The van der Waals surface area contributed by atoms with Gasteiger partial charge in [-0.05, 0) is 44.0 Å². The highest BCUT2D eigenvalue weighted by Crippen LogP contribution is 2.16. The fourth-order valence-electron chi connectivity index (χ4n) is 2.20. The third-order valence-corrected chi connectivity index (χ3v) is 3.56. The second-order valence-electron chi connectivity index (χ2n) is 5.23. The molecule has 0 aromatic heterocycles. The van der Waals surface area contributed by atoms with Crippen LogP contribution < -0.4 is 10.1 Å². The van der Waals surface area contributed by atoms with Crippen molar-refractivity contribution >= 4 is 5.91 Å². The van der Waals surface area contributed by atoms with Gasteiger partial charge >= 0.3 is 0 Å². The van der Waals surface area contributed by atoms with Crippen LogP contribution in [0, 0.1) is 13.8 Å². The van der Waals surface area contributed by atoms with Gasteiger partial charge in [-0.25, -0.2) is 0 Å². The van der Waals surface area contributed by atoms with Crippen LogP contribution in [-0.4, -0.2) is 43.1 Å². The van der Waals surface area contributed by atoms with Gasteiger partial charge < -0.3 is 15.0 Å². The van der Waals surface area contributed by atoms with Gasteiger partial charge in [0.15, 0.2) is 6.61 Å². The number of benzene rings is 1. The number of nitrogens with zero attached hydrogens (tertiary/aromatic N) is 1. The van der Waals surface area contributed by atoms with E-state index in [0.717, 1.165) is 25.4 Å². The van der Waals surface area contributed by atoms with Crippen molar-refractivity contribution in [3.8, 4) is 5.75 Å². The Labute approximate surface area is 114 Å². The van der Waals surface area contributed by atoms with E-state index in [2.05, 4.69) is 19.2 Å². The summed E-state index contributed by atoms with van der Waals surface area (Å²) < 4.78 is 5.58. The Morgan fingerprint density at radius 2 is 2.21 bits per heavy atom. The quantitative estimate of drug-likeness (QED) is 0.897. The topological polar surface area (TPSA) is 41.6 Å². The van der Waals surface area contributed by atoms with Crippen LogP contribution in [0.15, 0.2) is 18.2 Å². The average molecular weight is 262 g/mol. The van der Waals surface area contributed by atoms with Gasteiger partial charge in [0.1, 0.15) is 5.75 Å². The number of rotatable bonds is 3. The Morgan fingerprint density at radius 3 is 2.89 bits per heavy atom. The lowest BCUT2D eigenvalue weighted by molar-refractivity contribution is -0.134. The number of aryl methyl sites for hydroxylation is 2. The maximum atomic E-state index is 12.0. The molecular formula is C15H22N2O2. The summed E-state index contributed by atoms with van der Waals surface area (Å²) in [5, 5.41) is 3.32. The normalized spacial score (nSPS) is 19.3. The summed E-state index contributed by atoms with van der Waals surface area (Å²) >= 11 is 0. The number of piperazine rings is 1. The molecule has 1 heterocycles.